The van der Waals surface area contributed by atoms with E-state index in [0.29, 0.717) is 30.4 Å². The molecule has 2 aliphatic carbocycles. The van der Waals surface area contributed by atoms with Gasteiger partial charge in [-0.15, -0.1) is 0 Å². The summed E-state index contributed by atoms with van der Waals surface area (Å²) in [6.45, 7) is 5.04. The Labute approximate surface area is 141 Å². The van der Waals surface area contributed by atoms with Crippen LogP contribution in [0.15, 0.2) is 11.1 Å². The van der Waals surface area contributed by atoms with Gasteiger partial charge in [-0.2, -0.15) is 0 Å². The van der Waals surface area contributed by atoms with E-state index in [1.165, 1.54) is 6.92 Å². The number of amides is 2. The number of hydrogen-bond acceptors (Lipinski definition) is 5. The van der Waals surface area contributed by atoms with Crippen molar-refractivity contribution in [1.82, 2.24) is 4.90 Å². The molecule has 0 spiro atoms. The van der Waals surface area contributed by atoms with Crippen LogP contribution in [0.3, 0.4) is 0 Å². The highest BCUT2D eigenvalue weighted by Crippen LogP contribution is 2.60. The minimum atomic E-state index is -0.434. The summed E-state index contributed by atoms with van der Waals surface area (Å²) in [6.07, 6.45) is 3.43. The highest BCUT2D eigenvalue weighted by atomic mass is 16.5. The molecule has 130 valence electrons. The van der Waals surface area contributed by atoms with Crippen molar-refractivity contribution in [1.29, 1.82) is 0 Å². The third-order valence-electron chi connectivity index (χ3n) is 5.62. The maximum absolute atomic E-state index is 12.3. The molecule has 3 rings (SSSR count). The number of carbonyl (C=O) groups is 4. The summed E-state index contributed by atoms with van der Waals surface area (Å²) in [5.74, 6) is -1.41. The summed E-state index contributed by atoms with van der Waals surface area (Å²) in [5.41, 5.74) is 0.895. The number of ketones is 1. The van der Waals surface area contributed by atoms with Crippen LogP contribution in [0, 0.1) is 17.3 Å². The van der Waals surface area contributed by atoms with Crippen molar-refractivity contribution in [3.8, 4) is 0 Å². The van der Waals surface area contributed by atoms with Crippen molar-refractivity contribution in [2.24, 2.45) is 17.3 Å². The van der Waals surface area contributed by atoms with Gasteiger partial charge in [0.2, 0.25) is 0 Å². The second-order valence-electron chi connectivity index (χ2n) is 7.61. The monoisotopic (exact) mass is 333 g/mol. The predicted molar refractivity (Wildman–Crippen MR) is 84.4 cm³/mol. The van der Waals surface area contributed by atoms with E-state index in [-0.39, 0.29) is 41.6 Å². The SMILES string of the molecule is CC(=O)C[C@H]1[C@@H](C(=O)OCN2C(=O)C3=C(CCCC3)C2=O)C1(C)C. The molecule has 0 aromatic rings. The van der Waals surface area contributed by atoms with E-state index in [1.54, 1.807) is 0 Å². The Balaban J connectivity index is 1.59. The number of Topliss-reactive ketones (excluding diaryl/α,β-unsaturated/α-hetero) is 1. The largest absolute Gasteiger partial charge is 0.443 e. The zero-order chi connectivity index (χ0) is 17.6. The third kappa shape index (κ3) is 2.68. The van der Waals surface area contributed by atoms with Crippen molar-refractivity contribution in [2.45, 2.75) is 52.9 Å². The Morgan fingerprint density at radius 3 is 2.17 bits per heavy atom. The van der Waals surface area contributed by atoms with E-state index >= 15 is 0 Å². The molecule has 0 aromatic carbocycles. The van der Waals surface area contributed by atoms with Gasteiger partial charge in [-0.05, 0) is 43.9 Å². The molecule has 24 heavy (non-hydrogen) atoms. The summed E-state index contributed by atoms with van der Waals surface area (Å²) < 4.78 is 5.25. The van der Waals surface area contributed by atoms with Crippen molar-refractivity contribution < 1.29 is 23.9 Å². The van der Waals surface area contributed by atoms with Crippen LogP contribution in [0.5, 0.6) is 0 Å². The fourth-order valence-electron chi connectivity index (χ4n) is 4.03. The molecule has 1 heterocycles. The van der Waals surface area contributed by atoms with Crippen molar-refractivity contribution in [2.75, 3.05) is 6.73 Å². The van der Waals surface area contributed by atoms with Gasteiger partial charge in [-0.1, -0.05) is 13.8 Å². The molecular weight excluding hydrogens is 310 g/mol. The molecule has 0 radical (unpaired) electrons. The van der Waals surface area contributed by atoms with Crippen LogP contribution in [-0.4, -0.2) is 35.2 Å². The quantitative estimate of drug-likeness (QED) is 0.568. The average molecular weight is 333 g/mol. The van der Waals surface area contributed by atoms with E-state index in [2.05, 4.69) is 0 Å². The maximum Gasteiger partial charge on any atom is 0.311 e. The third-order valence-corrected chi connectivity index (χ3v) is 5.62. The normalized spacial score (nSPS) is 28.0. The Kier molecular flexibility index (Phi) is 4.10. The molecule has 0 N–H and O–H groups in total. The molecule has 1 fully saturated rings. The average Bonchev–Trinajstić information content (AvgIpc) is 2.96. The van der Waals surface area contributed by atoms with E-state index in [0.717, 1.165) is 17.7 Å². The van der Waals surface area contributed by atoms with E-state index < -0.39 is 5.97 Å². The first-order chi connectivity index (χ1) is 11.2. The topological polar surface area (TPSA) is 80.8 Å². The van der Waals surface area contributed by atoms with Gasteiger partial charge in [0.15, 0.2) is 6.73 Å². The molecular formula is C18H23NO5. The summed E-state index contributed by atoms with van der Waals surface area (Å²) in [5, 5.41) is 0. The fourth-order valence-corrected chi connectivity index (χ4v) is 4.03. The predicted octanol–water partition coefficient (Wildman–Crippen LogP) is 1.98. The molecule has 0 unspecified atom stereocenters. The number of imide groups is 1. The van der Waals surface area contributed by atoms with E-state index in [1.807, 2.05) is 13.8 Å². The van der Waals surface area contributed by atoms with Gasteiger partial charge >= 0.3 is 5.97 Å². The minimum Gasteiger partial charge on any atom is -0.443 e. The highest BCUT2D eigenvalue weighted by Gasteiger charge is 2.62. The van der Waals surface area contributed by atoms with Gasteiger partial charge in [-0.3, -0.25) is 14.4 Å². The van der Waals surface area contributed by atoms with Crippen LogP contribution < -0.4 is 0 Å². The molecule has 1 saturated carbocycles. The first-order valence-corrected chi connectivity index (χ1v) is 8.49. The lowest BCUT2D eigenvalue weighted by atomic mass is 9.93. The Morgan fingerprint density at radius 2 is 1.67 bits per heavy atom. The zero-order valence-electron chi connectivity index (χ0n) is 14.4. The molecule has 6 heteroatoms. The number of hydrogen-bond donors (Lipinski definition) is 0. The molecule has 2 amide bonds. The number of carbonyl (C=O) groups excluding carboxylic acids is 4. The van der Waals surface area contributed by atoms with Crippen molar-refractivity contribution >= 4 is 23.6 Å². The molecule has 3 aliphatic rings. The van der Waals surface area contributed by atoms with Gasteiger partial charge < -0.3 is 9.53 Å². The standard InChI is InChI=1S/C18H23NO5/c1-10(20)8-13-14(18(13,2)3)17(23)24-9-19-15(21)11-6-4-5-7-12(11)16(19)22/h13-14H,4-9H2,1-3H3/t13-,14-/m0/s1. The van der Waals surface area contributed by atoms with Crippen LogP contribution in [0.4, 0.5) is 0 Å². The van der Waals surface area contributed by atoms with Crippen LogP contribution in [-0.2, 0) is 23.9 Å². The molecule has 1 aliphatic heterocycles. The molecule has 0 saturated heterocycles. The lowest BCUT2D eigenvalue weighted by Gasteiger charge is -2.15. The van der Waals surface area contributed by atoms with Crippen LogP contribution >= 0.6 is 0 Å². The summed E-state index contributed by atoms with van der Waals surface area (Å²) in [6, 6.07) is 0. The fraction of sp³-hybridized carbons (Fsp3) is 0.667. The Morgan fingerprint density at radius 1 is 1.12 bits per heavy atom. The van der Waals surface area contributed by atoms with Crippen LogP contribution in [0.2, 0.25) is 0 Å². The van der Waals surface area contributed by atoms with Crippen molar-refractivity contribution in [3.05, 3.63) is 11.1 Å². The van der Waals surface area contributed by atoms with Crippen molar-refractivity contribution in [3.63, 3.8) is 0 Å². The van der Waals surface area contributed by atoms with Gasteiger partial charge in [0.05, 0.1) is 5.92 Å². The Hall–Kier alpha value is -1.98. The maximum atomic E-state index is 12.3. The molecule has 2 atom stereocenters. The first kappa shape index (κ1) is 16.9. The number of rotatable bonds is 5. The van der Waals surface area contributed by atoms with Gasteiger partial charge in [0, 0.05) is 17.6 Å². The van der Waals surface area contributed by atoms with Crippen LogP contribution in [0.25, 0.3) is 0 Å². The Bertz CT molecular complexity index is 632. The molecule has 6 nitrogen and oxygen atoms in total. The number of esters is 1. The lowest BCUT2D eigenvalue weighted by molar-refractivity contribution is -0.156. The number of nitrogens with zero attached hydrogens (tertiary/aromatic N) is 1. The minimum absolute atomic E-state index is 0.0289. The summed E-state index contributed by atoms with van der Waals surface area (Å²) >= 11 is 0. The second kappa shape index (κ2) is 5.83. The van der Waals surface area contributed by atoms with Gasteiger partial charge in [-0.25, -0.2) is 4.90 Å². The lowest BCUT2D eigenvalue weighted by Crippen LogP contribution is -2.35. The van der Waals surface area contributed by atoms with Gasteiger partial charge in [0.1, 0.15) is 5.78 Å². The molecule has 0 aromatic heterocycles. The highest BCUT2D eigenvalue weighted by molar-refractivity contribution is 6.19. The van der Waals surface area contributed by atoms with Gasteiger partial charge in [0.25, 0.3) is 11.8 Å². The number of ether oxygens (including phenoxy) is 1. The first-order valence-electron chi connectivity index (χ1n) is 8.49. The molecule has 0 bridgehead atoms. The van der Waals surface area contributed by atoms with E-state index in [9.17, 15) is 19.2 Å². The van der Waals surface area contributed by atoms with Crippen LogP contribution in [0.1, 0.15) is 52.9 Å². The van der Waals surface area contributed by atoms with E-state index in [4.69, 9.17) is 4.74 Å². The second-order valence-corrected chi connectivity index (χ2v) is 7.61. The summed E-state index contributed by atoms with van der Waals surface area (Å²) in [7, 11) is 0. The zero-order valence-corrected chi connectivity index (χ0v) is 14.4. The smallest absolute Gasteiger partial charge is 0.311 e. The summed E-state index contributed by atoms with van der Waals surface area (Å²) in [4.78, 5) is 49.2.